The molecule has 1 saturated heterocycles. The van der Waals surface area contributed by atoms with Crippen LogP contribution in [0.1, 0.15) is 13.8 Å². The number of aliphatic imine (C=N–C) groups is 1. The molecule has 0 aromatic heterocycles. The van der Waals surface area contributed by atoms with E-state index in [2.05, 4.69) is 4.99 Å². The third-order valence-electron chi connectivity index (χ3n) is 2.75. The van der Waals surface area contributed by atoms with Gasteiger partial charge < -0.3 is 0 Å². The summed E-state index contributed by atoms with van der Waals surface area (Å²) in [6.45, 7) is 5.25. The molecule has 0 spiro atoms. The first-order valence-electron chi connectivity index (χ1n) is 5.20. The van der Waals surface area contributed by atoms with Crippen molar-refractivity contribution in [3.05, 3.63) is 12.3 Å². The summed E-state index contributed by atoms with van der Waals surface area (Å²) in [6, 6.07) is 0. The molecule has 2 aliphatic heterocycles. The van der Waals surface area contributed by atoms with Gasteiger partial charge in [0.25, 0.3) is 0 Å². The zero-order valence-electron chi connectivity index (χ0n) is 9.00. The average Bonchev–Trinajstić information content (AvgIpc) is 2.39. The quantitative estimate of drug-likeness (QED) is 0.704. The van der Waals surface area contributed by atoms with Crippen LogP contribution in [0, 0.1) is 11.8 Å². The molecule has 4 nitrogen and oxygen atoms in total. The molecule has 0 radical (unpaired) electrons. The van der Waals surface area contributed by atoms with Crippen LogP contribution < -0.4 is 0 Å². The number of sulfonamides is 1. The smallest absolute Gasteiger partial charge is 0.221 e. The molecule has 15 heavy (non-hydrogen) atoms. The van der Waals surface area contributed by atoms with E-state index in [4.69, 9.17) is 0 Å². The fourth-order valence-electron chi connectivity index (χ4n) is 2.09. The van der Waals surface area contributed by atoms with Crippen molar-refractivity contribution in [2.45, 2.75) is 19.1 Å². The molecule has 84 valence electrons. The maximum atomic E-state index is 12.1. The molecule has 0 aromatic rings. The lowest BCUT2D eigenvalue weighted by molar-refractivity contribution is 0.382. The normalized spacial score (nSPS) is 33.5. The number of hydrogen-bond donors (Lipinski definition) is 0. The Morgan fingerprint density at radius 2 is 2.27 bits per heavy atom. The van der Waals surface area contributed by atoms with E-state index >= 15 is 0 Å². The number of hydrogen-bond acceptors (Lipinski definition) is 3. The molecule has 0 bridgehead atoms. The van der Waals surface area contributed by atoms with Gasteiger partial charge in [0.05, 0.1) is 0 Å². The Labute approximate surface area is 90.7 Å². The predicted molar refractivity (Wildman–Crippen MR) is 60.2 cm³/mol. The molecule has 0 amide bonds. The van der Waals surface area contributed by atoms with E-state index in [9.17, 15) is 8.42 Å². The summed E-state index contributed by atoms with van der Waals surface area (Å²) in [5, 5.41) is -0.381. The van der Waals surface area contributed by atoms with Gasteiger partial charge in [-0.25, -0.2) is 12.7 Å². The van der Waals surface area contributed by atoms with Crippen LogP contribution in [0.25, 0.3) is 0 Å². The van der Waals surface area contributed by atoms with Gasteiger partial charge in [-0.15, -0.1) is 0 Å². The van der Waals surface area contributed by atoms with Gasteiger partial charge in [0.1, 0.15) is 5.25 Å². The van der Waals surface area contributed by atoms with Crippen LogP contribution in [0.5, 0.6) is 0 Å². The van der Waals surface area contributed by atoms with Gasteiger partial charge in [-0.3, -0.25) is 4.99 Å². The second kappa shape index (κ2) is 3.72. The Balaban J connectivity index is 2.24. The van der Waals surface area contributed by atoms with Gasteiger partial charge in [0.2, 0.25) is 10.0 Å². The van der Waals surface area contributed by atoms with Gasteiger partial charge in [-0.05, 0) is 12.0 Å². The van der Waals surface area contributed by atoms with Crippen molar-refractivity contribution in [2.24, 2.45) is 16.8 Å². The number of rotatable bonds is 2. The first kappa shape index (κ1) is 10.8. The van der Waals surface area contributed by atoms with E-state index < -0.39 is 10.0 Å². The molecule has 0 saturated carbocycles. The van der Waals surface area contributed by atoms with Crippen LogP contribution in [0.15, 0.2) is 17.3 Å². The second-order valence-corrected chi connectivity index (χ2v) is 6.61. The minimum Gasteiger partial charge on any atom is -0.269 e. The molecule has 5 heteroatoms. The Hall–Kier alpha value is -0.680. The summed E-state index contributed by atoms with van der Waals surface area (Å²) in [5.74, 6) is 0.402. The van der Waals surface area contributed by atoms with Crippen LogP contribution in [0.2, 0.25) is 0 Å². The Morgan fingerprint density at radius 3 is 2.87 bits per heavy atom. The number of fused-ring (bicyclic) bond motifs is 1. The molecule has 2 rings (SSSR count). The Morgan fingerprint density at radius 1 is 1.53 bits per heavy atom. The second-order valence-electron chi connectivity index (χ2n) is 4.52. The van der Waals surface area contributed by atoms with E-state index in [0.29, 0.717) is 19.0 Å². The van der Waals surface area contributed by atoms with E-state index in [-0.39, 0.29) is 11.2 Å². The van der Waals surface area contributed by atoms with Gasteiger partial charge in [-0.2, -0.15) is 0 Å². The summed E-state index contributed by atoms with van der Waals surface area (Å²) < 4.78 is 25.7. The van der Waals surface area contributed by atoms with Crippen LogP contribution in [-0.2, 0) is 10.0 Å². The highest BCUT2D eigenvalue weighted by Crippen LogP contribution is 2.29. The monoisotopic (exact) mass is 228 g/mol. The predicted octanol–water partition coefficient (Wildman–Crippen LogP) is 0.871. The van der Waals surface area contributed by atoms with Crippen LogP contribution in [0.4, 0.5) is 0 Å². The standard InChI is InChI=1S/C10H16N2O2S/c1-8(2)6-12-7-9-5-11-4-3-10(9)15(12,13)14/h3-5,8-10H,6-7H2,1-2H3. The zero-order chi connectivity index (χ0) is 11.1. The van der Waals surface area contributed by atoms with Crippen molar-refractivity contribution in [3.63, 3.8) is 0 Å². The summed E-state index contributed by atoms with van der Waals surface area (Å²) in [5.41, 5.74) is 0. The molecule has 0 N–H and O–H groups in total. The molecule has 2 atom stereocenters. The van der Waals surface area contributed by atoms with Crippen molar-refractivity contribution < 1.29 is 8.42 Å². The van der Waals surface area contributed by atoms with Crippen LogP contribution in [0.3, 0.4) is 0 Å². The molecule has 1 fully saturated rings. The third kappa shape index (κ3) is 1.86. The fraction of sp³-hybridized carbons (Fsp3) is 0.700. The van der Waals surface area contributed by atoms with Crippen molar-refractivity contribution in [3.8, 4) is 0 Å². The molecular weight excluding hydrogens is 212 g/mol. The molecule has 2 unspecified atom stereocenters. The SMILES string of the molecule is CC(C)CN1CC2C=NC=CC2S1(=O)=O. The lowest BCUT2D eigenvalue weighted by Crippen LogP contribution is -2.31. The maximum absolute atomic E-state index is 12.1. The van der Waals surface area contributed by atoms with E-state index in [0.717, 1.165) is 0 Å². The summed E-state index contributed by atoms with van der Waals surface area (Å²) >= 11 is 0. The molecule has 2 aliphatic rings. The lowest BCUT2D eigenvalue weighted by atomic mass is 10.1. The highest BCUT2D eigenvalue weighted by molar-refractivity contribution is 7.90. The minimum atomic E-state index is -3.13. The average molecular weight is 228 g/mol. The van der Waals surface area contributed by atoms with Crippen LogP contribution in [-0.4, -0.2) is 37.3 Å². The summed E-state index contributed by atoms with van der Waals surface area (Å²) in [4.78, 5) is 4.00. The summed E-state index contributed by atoms with van der Waals surface area (Å²) in [6.07, 6.45) is 5.03. The molecule has 0 aliphatic carbocycles. The summed E-state index contributed by atoms with van der Waals surface area (Å²) in [7, 11) is -3.13. The van der Waals surface area contributed by atoms with E-state index in [1.54, 1.807) is 22.8 Å². The maximum Gasteiger partial charge on any atom is 0.221 e. The van der Waals surface area contributed by atoms with Crippen molar-refractivity contribution in [1.29, 1.82) is 0 Å². The van der Waals surface area contributed by atoms with Gasteiger partial charge in [-0.1, -0.05) is 13.8 Å². The van der Waals surface area contributed by atoms with Gasteiger partial charge in [0, 0.05) is 31.4 Å². The zero-order valence-corrected chi connectivity index (χ0v) is 9.81. The van der Waals surface area contributed by atoms with Crippen LogP contribution >= 0.6 is 0 Å². The highest BCUT2D eigenvalue weighted by atomic mass is 32.2. The molecule has 0 aromatic carbocycles. The van der Waals surface area contributed by atoms with Gasteiger partial charge in [0.15, 0.2) is 0 Å². The molecular formula is C10H16N2O2S. The lowest BCUT2D eigenvalue weighted by Gasteiger charge is -2.17. The first-order chi connectivity index (χ1) is 7.01. The highest BCUT2D eigenvalue weighted by Gasteiger charge is 2.44. The van der Waals surface area contributed by atoms with Crippen molar-refractivity contribution >= 4 is 16.2 Å². The van der Waals surface area contributed by atoms with E-state index in [1.807, 2.05) is 13.8 Å². The Kier molecular flexibility index (Phi) is 2.68. The van der Waals surface area contributed by atoms with Crippen molar-refractivity contribution in [2.75, 3.05) is 13.1 Å². The topological polar surface area (TPSA) is 49.7 Å². The Bertz CT molecular complexity index is 398. The third-order valence-corrected chi connectivity index (χ3v) is 4.96. The largest absolute Gasteiger partial charge is 0.269 e. The first-order valence-corrected chi connectivity index (χ1v) is 6.71. The number of nitrogens with zero attached hydrogens (tertiary/aromatic N) is 2. The van der Waals surface area contributed by atoms with Gasteiger partial charge >= 0.3 is 0 Å². The minimum absolute atomic E-state index is 0.0405. The van der Waals surface area contributed by atoms with Crippen molar-refractivity contribution in [1.82, 2.24) is 4.31 Å². The fourth-order valence-corrected chi connectivity index (χ4v) is 4.19. The van der Waals surface area contributed by atoms with E-state index in [1.165, 1.54) is 0 Å². The molecule has 2 heterocycles.